The Balaban J connectivity index is 1.37. The van der Waals surface area contributed by atoms with Gasteiger partial charge in [0, 0.05) is 25.0 Å². The molecule has 0 saturated heterocycles. The predicted molar refractivity (Wildman–Crippen MR) is 160 cm³/mol. The van der Waals surface area contributed by atoms with E-state index < -0.39 is 6.04 Å². The Labute approximate surface area is 243 Å². The zero-order chi connectivity index (χ0) is 29.1. The highest BCUT2D eigenvalue weighted by atomic mass is 16.5. The number of fused-ring (bicyclic) bond motifs is 1. The van der Waals surface area contributed by atoms with Gasteiger partial charge in [-0.3, -0.25) is 9.59 Å². The van der Waals surface area contributed by atoms with E-state index in [1.54, 1.807) is 12.0 Å². The maximum Gasteiger partial charge on any atom is 0.243 e. The fourth-order valence-corrected chi connectivity index (χ4v) is 5.89. The third-order valence-electron chi connectivity index (χ3n) is 8.54. The second-order valence-corrected chi connectivity index (χ2v) is 12.6. The van der Waals surface area contributed by atoms with Crippen LogP contribution in [0.25, 0.3) is 0 Å². The highest BCUT2D eigenvalue weighted by Crippen LogP contribution is 2.27. The average Bonchev–Trinajstić information content (AvgIpc) is 3.35. The summed E-state index contributed by atoms with van der Waals surface area (Å²) in [6.07, 6.45) is 6.00. The third-order valence-corrected chi connectivity index (χ3v) is 8.54. The van der Waals surface area contributed by atoms with E-state index in [1.165, 1.54) is 11.1 Å². The van der Waals surface area contributed by atoms with Gasteiger partial charge in [0.25, 0.3) is 0 Å². The van der Waals surface area contributed by atoms with Crippen molar-refractivity contribution in [1.82, 2.24) is 19.8 Å². The Morgan fingerprint density at radius 3 is 2.29 bits per heavy atom. The molecule has 0 radical (unpaired) electrons. The number of imidazole rings is 1. The van der Waals surface area contributed by atoms with Crippen LogP contribution in [0.2, 0.25) is 0 Å². The van der Waals surface area contributed by atoms with Gasteiger partial charge >= 0.3 is 0 Å². The van der Waals surface area contributed by atoms with Gasteiger partial charge in [0.15, 0.2) is 0 Å². The molecule has 1 unspecified atom stereocenters. The number of hydrogen-bond acceptors (Lipinski definition) is 5. The maximum absolute atomic E-state index is 13.8. The summed E-state index contributed by atoms with van der Waals surface area (Å²) in [6, 6.07) is 15.9. The molecule has 3 aromatic rings. The molecule has 1 atom stereocenters. The lowest BCUT2D eigenvalue weighted by molar-refractivity contribution is -0.141. The van der Waals surface area contributed by atoms with Crippen LogP contribution in [0.4, 0.5) is 0 Å². The largest absolute Gasteiger partial charge is 0.497 e. The fraction of sp³-hybridized carbons (Fsp3) is 0.485. The quantitative estimate of drug-likeness (QED) is 0.455. The highest BCUT2D eigenvalue weighted by Gasteiger charge is 2.37. The molecule has 8 nitrogen and oxygen atoms in total. The number of ether oxygens (including phenoxy) is 1. The van der Waals surface area contributed by atoms with E-state index in [1.807, 2.05) is 30.6 Å². The van der Waals surface area contributed by atoms with E-state index in [0.29, 0.717) is 19.5 Å². The summed E-state index contributed by atoms with van der Waals surface area (Å²) in [5.41, 5.74) is 11.4. The minimum absolute atomic E-state index is 0.0751. The monoisotopic (exact) mass is 557 g/mol. The number of rotatable bonds is 7. The molecule has 0 spiro atoms. The molecule has 5 rings (SSSR count). The number of nitrogens with zero attached hydrogens (tertiary/aromatic N) is 3. The topological polar surface area (TPSA) is 102 Å². The van der Waals surface area contributed by atoms with Crippen LogP contribution >= 0.6 is 0 Å². The van der Waals surface area contributed by atoms with Crippen LogP contribution in [0.3, 0.4) is 0 Å². The number of nitrogens with two attached hydrogens (primary N) is 1. The molecule has 2 aliphatic rings. The van der Waals surface area contributed by atoms with Crippen LogP contribution in [-0.4, -0.2) is 51.5 Å². The Morgan fingerprint density at radius 1 is 1.00 bits per heavy atom. The van der Waals surface area contributed by atoms with Gasteiger partial charge in [-0.2, -0.15) is 0 Å². The van der Waals surface area contributed by atoms with E-state index in [9.17, 15) is 9.59 Å². The number of hydrogen-bond donors (Lipinski definition) is 2. The highest BCUT2D eigenvalue weighted by molar-refractivity contribution is 5.89. The first kappa shape index (κ1) is 28.9. The summed E-state index contributed by atoms with van der Waals surface area (Å²) in [5.74, 6) is 0.563. The van der Waals surface area contributed by atoms with Gasteiger partial charge in [-0.05, 0) is 59.9 Å². The molecule has 1 saturated carbocycles. The normalized spacial score (nSPS) is 20.8. The standard InChI is InChI=1S/C33H43N5O3/c1-33(2,3)24-9-5-23(6-10-24)19-37-21-35-28-18-29(32(40)36-26-13-11-25(34)12-14-26)38(20-30(28)37)31(39)17-22-7-15-27(41-4)16-8-22/h5-10,15-16,21,25-26,29H,11-14,17-20,34H2,1-4H3,(H,36,40). The number of methoxy groups -OCH3 is 1. The van der Waals surface area contributed by atoms with Crippen LogP contribution in [-0.2, 0) is 40.9 Å². The Morgan fingerprint density at radius 2 is 1.66 bits per heavy atom. The van der Waals surface area contributed by atoms with E-state index in [4.69, 9.17) is 15.5 Å². The summed E-state index contributed by atoms with van der Waals surface area (Å²) in [5, 5.41) is 3.23. The number of benzene rings is 2. The lowest BCUT2D eigenvalue weighted by atomic mass is 9.87. The van der Waals surface area contributed by atoms with Gasteiger partial charge < -0.3 is 25.3 Å². The van der Waals surface area contributed by atoms with Gasteiger partial charge in [-0.1, -0.05) is 57.2 Å². The molecule has 1 aromatic heterocycles. The van der Waals surface area contributed by atoms with Gasteiger partial charge in [-0.15, -0.1) is 0 Å². The van der Waals surface area contributed by atoms with Crippen LogP contribution < -0.4 is 15.8 Å². The molecule has 0 bridgehead atoms. The number of carbonyl (C=O) groups is 2. The number of amides is 2. The second kappa shape index (κ2) is 12.1. The molecule has 2 heterocycles. The Bertz CT molecular complexity index is 1350. The summed E-state index contributed by atoms with van der Waals surface area (Å²) < 4.78 is 7.38. The van der Waals surface area contributed by atoms with Crippen molar-refractivity contribution in [2.45, 2.75) is 95.9 Å². The molecule has 2 amide bonds. The van der Waals surface area contributed by atoms with Crippen LogP contribution in [0.5, 0.6) is 5.75 Å². The smallest absolute Gasteiger partial charge is 0.243 e. The lowest BCUT2D eigenvalue weighted by Crippen LogP contribution is -2.55. The fourth-order valence-electron chi connectivity index (χ4n) is 5.89. The van der Waals surface area contributed by atoms with Crippen molar-refractivity contribution in [3.63, 3.8) is 0 Å². The summed E-state index contributed by atoms with van der Waals surface area (Å²) >= 11 is 0. The molecule has 41 heavy (non-hydrogen) atoms. The molecule has 2 aromatic carbocycles. The summed E-state index contributed by atoms with van der Waals surface area (Å²) in [6.45, 7) is 7.63. The molecule has 3 N–H and O–H groups in total. The third kappa shape index (κ3) is 6.81. The van der Waals surface area contributed by atoms with Gasteiger partial charge in [0.05, 0.1) is 37.8 Å². The van der Waals surface area contributed by atoms with Crippen LogP contribution in [0.15, 0.2) is 54.9 Å². The zero-order valence-electron chi connectivity index (χ0n) is 24.7. The maximum atomic E-state index is 13.8. The van der Waals surface area contributed by atoms with E-state index in [0.717, 1.165) is 48.4 Å². The molecule has 218 valence electrons. The van der Waals surface area contributed by atoms with Gasteiger partial charge in [0.1, 0.15) is 11.8 Å². The number of nitrogens with one attached hydrogen (secondary N) is 1. The van der Waals surface area contributed by atoms with Crippen molar-refractivity contribution >= 4 is 11.8 Å². The first-order chi connectivity index (χ1) is 19.6. The average molecular weight is 558 g/mol. The van der Waals surface area contributed by atoms with E-state index >= 15 is 0 Å². The van der Waals surface area contributed by atoms with Crippen molar-refractivity contribution in [2.75, 3.05) is 7.11 Å². The Kier molecular flexibility index (Phi) is 8.50. The molecule has 8 heteroatoms. The number of carbonyl (C=O) groups excluding carboxylic acids is 2. The SMILES string of the molecule is COc1ccc(CC(=O)N2Cc3c(ncn3Cc3ccc(C(C)(C)C)cc3)CC2C(=O)NC2CCC(N)CC2)cc1. The van der Waals surface area contributed by atoms with Crippen molar-refractivity contribution in [2.24, 2.45) is 5.73 Å². The number of aromatic nitrogens is 2. The summed E-state index contributed by atoms with van der Waals surface area (Å²) in [4.78, 5) is 33.9. The summed E-state index contributed by atoms with van der Waals surface area (Å²) in [7, 11) is 1.62. The minimum atomic E-state index is -0.599. The van der Waals surface area contributed by atoms with E-state index in [2.05, 4.69) is 54.9 Å². The predicted octanol–water partition coefficient (Wildman–Crippen LogP) is 4.12. The van der Waals surface area contributed by atoms with Crippen LogP contribution in [0, 0.1) is 0 Å². The van der Waals surface area contributed by atoms with Gasteiger partial charge in [0.2, 0.25) is 11.8 Å². The van der Waals surface area contributed by atoms with Crippen LogP contribution in [0.1, 0.15) is 74.5 Å². The van der Waals surface area contributed by atoms with Crippen molar-refractivity contribution in [3.05, 3.63) is 82.9 Å². The molecular weight excluding hydrogens is 514 g/mol. The zero-order valence-corrected chi connectivity index (χ0v) is 24.7. The van der Waals surface area contributed by atoms with Crippen molar-refractivity contribution < 1.29 is 14.3 Å². The van der Waals surface area contributed by atoms with E-state index in [-0.39, 0.29) is 35.7 Å². The molecule has 1 aliphatic carbocycles. The first-order valence-electron chi connectivity index (χ1n) is 14.7. The Hall–Kier alpha value is -3.65. The lowest BCUT2D eigenvalue weighted by Gasteiger charge is -2.36. The molecule has 1 aliphatic heterocycles. The van der Waals surface area contributed by atoms with Gasteiger partial charge in [-0.25, -0.2) is 4.98 Å². The van der Waals surface area contributed by atoms with Crippen molar-refractivity contribution in [3.8, 4) is 5.75 Å². The van der Waals surface area contributed by atoms with Crippen molar-refractivity contribution in [1.29, 1.82) is 0 Å². The molecular formula is C33H43N5O3. The minimum Gasteiger partial charge on any atom is -0.497 e. The first-order valence-corrected chi connectivity index (χ1v) is 14.7. The molecule has 1 fully saturated rings. The second-order valence-electron chi connectivity index (χ2n) is 12.6.